The first kappa shape index (κ1) is 9.67. The molecule has 2 aromatic rings. The van der Waals surface area contributed by atoms with Gasteiger partial charge in [-0.05, 0) is 59.7 Å². The van der Waals surface area contributed by atoms with E-state index in [1.807, 2.05) is 0 Å². The van der Waals surface area contributed by atoms with Crippen LogP contribution in [0.5, 0.6) is 0 Å². The van der Waals surface area contributed by atoms with Gasteiger partial charge in [-0.2, -0.15) is 0 Å². The zero-order valence-electron chi connectivity index (χ0n) is 10.00. The maximum atomic E-state index is 3.62. The van der Waals surface area contributed by atoms with E-state index >= 15 is 0 Å². The number of hydrogen-bond donors (Lipinski definition) is 1. The summed E-state index contributed by atoms with van der Waals surface area (Å²) in [6.07, 6.45) is 5.06. The van der Waals surface area contributed by atoms with Gasteiger partial charge in [0.1, 0.15) is 0 Å². The van der Waals surface area contributed by atoms with Crippen LogP contribution >= 0.6 is 0 Å². The predicted molar refractivity (Wildman–Crippen MR) is 71.3 cm³/mol. The van der Waals surface area contributed by atoms with Crippen molar-refractivity contribution < 1.29 is 0 Å². The summed E-state index contributed by atoms with van der Waals surface area (Å²) in [5.41, 5.74) is 4.62. The summed E-state index contributed by atoms with van der Waals surface area (Å²) in [4.78, 5) is 0. The molecule has 0 unspecified atom stereocenters. The van der Waals surface area contributed by atoms with Gasteiger partial charge in [0, 0.05) is 6.04 Å². The molecule has 1 heterocycles. The van der Waals surface area contributed by atoms with Gasteiger partial charge in [-0.25, -0.2) is 0 Å². The Hall–Kier alpha value is -1.34. The second-order valence-electron chi connectivity index (χ2n) is 5.30. The van der Waals surface area contributed by atoms with E-state index in [1.54, 1.807) is 16.5 Å². The Labute approximate surface area is 102 Å². The summed E-state index contributed by atoms with van der Waals surface area (Å²) in [5.74, 6) is 0. The maximum Gasteiger partial charge on any atom is 0.0326 e. The van der Waals surface area contributed by atoms with E-state index < -0.39 is 0 Å². The zero-order valence-corrected chi connectivity index (χ0v) is 10.00. The third-order valence-electron chi connectivity index (χ3n) is 4.35. The Morgan fingerprint density at radius 2 is 1.88 bits per heavy atom. The van der Waals surface area contributed by atoms with E-state index in [0.29, 0.717) is 6.04 Å². The van der Waals surface area contributed by atoms with Gasteiger partial charge in [0.05, 0.1) is 0 Å². The zero-order chi connectivity index (χ0) is 11.2. The topological polar surface area (TPSA) is 12.0 Å². The second-order valence-corrected chi connectivity index (χ2v) is 5.30. The Morgan fingerprint density at radius 1 is 1.00 bits per heavy atom. The van der Waals surface area contributed by atoms with E-state index in [9.17, 15) is 0 Å². The molecule has 2 aromatic carbocycles. The van der Waals surface area contributed by atoms with Crippen LogP contribution in [0.3, 0.4) is 0 Å². The van der Waals surface area contributed by atoms with Gasteiger partial charge in [-0.3, -0.25) is 0 Å². The van der Waals surface area contributed by atoms with Crippen molar-refractivity contribution in [3.63, 3.8) is 0 Å². The van der Waals surface area contributed by atoms with Crippen LogP contribution in [-0.2, 0) is 12.8 Å². The molecule has 0 spiro atoms. The van der Waals surface area contributed by atoms with E-state index in [-0.39, 0.29) is 0 Å². The fourth-order valence-electron chi connectivity index (χ4n) is 3.52. The molecule has 1 fully saturated rings. The van der Waals surface area contributed by atoms with Gasteiger partial charge < -0.3 is 5.32 Å². The molecule has 1 aliphatic carbocycles. The molecule has 1 heteroatoms. The van der Waals surface area contributed by atoms with E-state index in [0.717, 1.165) is 0 Å². The highest BCUT2D eigenvalue weighted by Crippen LogP contribution is 2.36. The highest BCUT2D eigenvalue weighted by molar-refractivity contribution is 5.93. The molecule has 1 aliphatic heterocycles. The summed E-state index contributed by atoms with van der Waals surface area (Å²) < 4.78 is 0. The third-order valence-corrected chi connectivity index (χ3v) is 4.35. The molecular weight excluding hydrogens is 206 g/mol. The first-order valence-electron chi connectivity index (χ1n) is 6.70. The molecule has 86 valence electrons. The molecular formula is C16H17N. The van der Waals surface area contributed by atoms with Gasteiger partial charge in [0.2, 0.25) is 0 Å². The number of hydrogen-bond acceptors (Lipinski definition) is 1. The van der Waals surface area contributed by atoms with E-state index in [1.165, 1.54) is 43.2 Å². The van der Waals surface area contributed by atoms with Crippen molar-refractivity contribution in [3.05, 3.63) is 47.0 Å². The molecule has 1 saturated heterocycles. The maximum absolute atomic E-state index is 3.62. The average Bonchev–Trinajstić information content (AvgIpc) is 3.00. The summed E-state index contributed by atoms with van der Waals surface area (Å²) in [7, 11) is 0. The number of benzene rings is 2. The predicted octanol–water partition coefficient (Wildman–Crippen LogP) is 3.36. The minimum atomic E-state index is 0.583. The fraction of sp³-hybridized carbons (Fsp3) is 0.375. The first-order chi connectivity index (χ1) is 8.43. The van der Waals surface area contributed by atoms with Crippen LogP contribution in [-0.4, -0.2) is 6.54 Å². The molecule has 4 rings (SSSR count). The van der Waals surface area contributed by atoms with Gasteiger partial charge >= 0.3 is 0 Å². The van der Waals surface area contributed by atoms with E-state index in [4.69, 9.17) is 0 Å². The van der Waals surface area contributed by atoms with Crippen LogP contribution in [0.1, 0.15) is 35.6 Å². The fourth-order valence-corrected chi connectivity index (χ4v) is 3.52. The van der Waals surface area contributed by atoms with Crippen molar-refractivity contribution in [2.24, 2.45) is 0 Å². The molecule has 1 N–H and O–H groups in total. The van der Waals surface area contributed by atoms with Crippen molar-refractivity contribution >= 4 is 10.8 Å². The number of rotatable bonds is 1. The van der Waals surface area contributed by atoms with Crippen LogP contribution in [0.25, 0.3) is 10.8 Å². The molecule has 2 aliphatic rings. The van der Waals surface area contributed by atoms with Crippen molar-refractivity contribution in [1.29, 1.82) is 0 Å². The van der Waals surface area contributed by atoms with Crippen molar-refractivity contribution in [2.45, 2.75) is 31.7 Å². The van der Waals surface area contributed by atoms with Crippen molar-refractivity contribution in [2.75, 3.05) is 6.54 Å². The van der Waals surface area contributed by atoms with Crippen LogP contribution < -0.4 is 5.32 Å². The van der Waals surface area contributed by atoms with Crippen molar-refractivity contribution in [3.8, 4) is 0 Å². The highest BCUT2D eigenvalue weighted by Gasteiger charge is 2.21. The summed E-state index contributed by atoms with van der Waals surface area (Å²) in [5, 5.41) is 6.68. The van der Waals surface area contributed by atoms with Crippen LogP contribution in [0, 0.1) is 0 Å². The standard InChI is InChI=1S/C16H17N/c1-3-11-6-7-12-8-9-13(14(4-1)16(11)12)15-5-2-10-17-15/h1,3-4,8-9,15,17H,2,5-7,10H2/t15-/m1/s1. The number of aryl methyl sites for hydroxylation is 2. The Bertz CT molecular complexity index is 569. The summed E-state index contributed by atoms with van der Waals surface area (Å²) in [6, 6.07) is 12.1. The summed E-state index contributed by atoms with van der Waals surface area (Å²) >= 11 is 0. The van der Waals surface area contributed by atoms with Gasteiger partial charge in [-0.1, -0.05) is 30.3 Å². The smallest absolute Gasteiger partial charge is 0.0326 e. The first-order valence-corrected chi connectivity index (χ1v) is 6.70. The molecule has 1 nitrogen and oxygen atoms in total. The minimum Gasteiger partial charge on any atom is -0.310 e. The van der Waals surface area contributed by atoms with Crippen molar-refractivity contribution in [1.82, 2.24) is 5.32 Å². The molecule has 0 aromatic heterocycles. The monoisotopic (exact) mass is 223 g/mol. The van der Waals surface area contributed by atoms with Gasteiger partial charge in [0.25, 0.3) is 0 Å². The third kappa shape index (κ3) is 1.35. The molecule has 17 heavy (non-hydrogen) atoms. The van der Waals surface area contributed by atoms with E-state index in [2.05, 4.69) is 35.6 Å². The second kappa shape index (κ2) is 3.58. The lowest BCUT2D eigenvalue weighted by atomic mass is 9.95. The molecule has 0 radical (unpaired) electrons. The van der Waals surface area contributed by atoms with Gasteiger partial charge in [0.15, 0.2) is 0 Å². The normalized spacial score (nSPS) is 22.5. The minimum absolute atomic E-state index is 0.583. The Kier molecular flexibility index (Phi) is 2.03. The van der Waals surface area contributed by atoms with Crippen LogP contribution in [0.4, 0.5) is 0 Å². The number of nitrogens with one attached hydrogen (secondary N) is 1. The van der Waals surface area contributed by atoms with Gasteiger partial charge in [-0.15, -0.1) is 0 Å². The largest absolute Gasteiger partial charge is 0.310 e. The SMILES string of the molecule is c1cc2c3c(ccc([C@H]4CCCN4)c3c1)CC2. The van der Waals surface area contributed by atoms with Crippen LogP contribution in [0.2, 0.25) is 0 Å². The molecule has 0 saturated carbocycles. The molecule has 0 amide bonds. The lowest BCUT2D eigenvalue weighted by Gasteiger charge is -2.15. The quantitative estimate of drug-likeness (QED) is 0.781. The summed E-state index contributed by atoms with van der Waals surface area (Å²) in [6.45, 7) is 1.17. The van der Waals surface area contributed by atoms with Crippen LogP contribution in [0.15, 0.2) is 30.3 Å². The average molecular weight is 223 g/mol. The highest BCUT2D eigenvalue weighted by atomic mass is 14.9. The lowest BCUT2D eigenvalue weighted by Crippen LogP contribution is -2.13. The lowest BCUT2D eigenvalue weighted by molar-refractivity contribution is 0.653. The molecule has 0 bridgehead atoms. The Morgan fingerprint density at radius 3 is 2.71 bits per heavy atom. The molecule has 1 atom stereocenters. The Balaban J connectivity index is 1.99.